The van der Waals surface area contributed by atoms with Crippen LogP contribution in [0.2, 0.25) is 0 Å². The molecule has 2 atom stereocenters. The molecule has 3 heterocycles. The van der Waals surface area contributed by atoms with Crippen molar-refractivity contribution in [2.24, 2.45) is 5.92 Å². The van der Waals surface area contributed by atoms with Crippen LogP contribution in [0, 0.1) is 31.1 Å². The lowest BCUT2D eigenvalue weighted by Gasteiger charge is -2.28. The first kappa shape index (κ1) is 21.5. The van der Waals surface area contributed by atoms with E-state index in [-0.39, 0.29) is 17.3 Å². The fourth-order valence-electron chi connectivity index (χ4n) is 4.26. The van der Waals surface area contributed by atoms with Gasteiger partial charge in [0.2, 0.25) is 11.9 Å². The minimum atomic E-state index is -1.10. The number of ether oxygens (including phenoxy) is 2. The van der Waals surface area contributed by atoms with E-state index in [0.717, 1.165) is 23.2 Å². The molecule has 172 valence electrons. The van der Waals surface area contributed by atoms with E-state index in [1.54, 1.807) is 18.2 Å². The maximum atomic E-state index is 13.2. The summed E-state index contributed by atoms with van der Waals surface area (Å²) in [5.41, 5.74) is 3.38. The molecule has 2 aromatic carbocycles. The molecule has 34 heavy (non-hydrogen) atoms. The van der Waals surface area contributed by atoms with Gasteiger partial charge in [0.25, 0.3) is 5.56 Å². The number of rotatable bonds is 3. The van der Waals surface area contributed by atoms with Gasteiger partial charge in [0, 0.05) is 18.0 Å². The molecule has 0 saturated heterocycles. The second kappa shape index (κ2) is 8.56. The van der Waals surface area contributed by atoms with Crippen LogP contribution in [-0.2, 0) is 4.79 Å². The molecule has 9 nitrogen and oxygen atoms in total. The number of amides is 1. The van der Waals surface area contributed by atoms with Crippen molar-refractivity contribution >= 4 is 23.4 Å². The highest BCUT2D eigenvalue weighted by Gasteiger charge is 2.40. The third kappa shape index (κ3) is 3.83. The number of nitrogens with one attached hydrogen (secondary N) is 3. The molecule has 1 aromatic heterocycles. The smallest absolute Gasteiger partial charge is 0.258 e. The zero-order valence-corrected chi connectivity index (χ0v) is 18.8. The highest BCUT2D eigenvalue weighted by Crippen LogP contribution is 2.41. The fourth-order valence-corrected chi connectivity index (χ4v) is 4.26. The van der Waals surface area contributed by atoms with Crippen LogP contribution in [0.5, 0.6) is 11.5 Å². The molecule has 0 spiro atoms. The van der Waals surface area contributed by atoms with E-state index in [9.17, 15) is 14.9 Å². The van der Waals surface area contributed by atoms with Crippen molar-refractivity contribution in [2.75, 3.05) is 23.8 Å². The molecule has 0 fully saturated rings. The van der Waals surface area contributed by atoms with Crippen LogP contribution in [0.15, 0.2) is 41.2 Å². The van der Waals surface area contributed by atoms with Gasteiger partial charge in [-0.25, -0.2) is 0 Å². The summed E-state index contributed by atoms with van der Waals surface area (Å²) in [6.45, 7) is 5.04. The van der Waals surface area contributed by atoms with Gasteiger partial charge in [-0.3, -0.25) is 14.6 Å². The number of carbonyl (C=O) groups is 1. The maximum absolute atomic E-state index is 13.2. The van der Waals surface area contributed by atoms with Crippen molar-refractivity contribution in [3.8, 4) is 17.6 Å². The first-order valence-electron chi connectivity index (χ1n) is 11.0. The molecular weight excluding hydrogens is 434 g/mol. The normalized spacial score (nSPS) is 18.8. The Kier molecular flexibility index (Phi) is 5.42. The van der Waals surface area contributed by atoms with Gasteiger partial charge < -0.3 is 20.1 Å². The highest BCUT2D eigenvalue weighted by molar-refractivity contribution is 5.98. The van der Waals surface area contributed by atoms with E-state index in [1.807, 2.05) is 38.1 Å². The Morgan fingerprint density at radius 3 is 2.62 bits per heavy atom. The van der Waals surface area contributed by atoms with Crippen LogP contribution in [0.1, 0.15) is 34.6 Å². The Morgan fingerprint density at radius 2 is 1.85 bits per heavy atom. The number of hydrogen-bond acceptors (Lipinski definition) is 7. The van der Waals surface area contributed by atoms with Gasteiger partial charge in [-0.15, -0.1) is 0 Å². The number of nitrogens with zero attached hydrogens (tertiary/aromatic N) is 2. The average Bonchev–Trinajstić information content (AvgIpc) is 3.05. The van der Waals surface area contributed by atoms with Crippen LogP contribution in [0.3, 0.4) is 0 Å². The summed E-state index contributed by atoms with van der Waals surface area (Å²) < 4.78 is 11.5. The molecule has 5 rings (SSSR count). The van der Waals surface area contributed by atoms with Gasteiger partial charge >= 0.3 is 0 Å². The van der Waals surface area contributed by atoms with E-state index < -0.39 is 23.3 Å². The standard InChI is InChI=1S/C25H23N5O4/c1-13-4-6-16(10-14(13)2)27-25-29-22-21(24(32)30-25)20(17(12-26)23(31)28-22)15-5-7-18-19(11-15)34-9-3-8-33-18/h4-7,10-11,17,20H,3,8-9H2,1-2H3,(H3,27,28,29,30,31,32). The highest BCUT2D eigenvalue weighted by atomic mass is 16.5. The van der Waals surface area contributed by atoms with Crippen LogP contribution < -0.4 is 25.7 Å². The Bertz CT molecular complexity index is 1390. The molecule has 0 bridgehead atoms. The van der Waals surface area contributed by atoms with Gasteiger partial charge in [0.05, 0.1) is 24.8 Å². The van der Waals surface area contributed by atoms with Gasteiger partial charge in [0.1, 0.15) is 11.7 Å². The van der Waals surface area contributed by atoms with E-state index in [1.165, 1.54) is 0 Å². The second-order valence-corrected chi connectivity index (χ2v) is 8.43. The fraction of sp³-hybridized carbons (Fsp3) is 0.280. The van der Waals surface area contributed by atoms with Crippen molar-refractivity contribution in [3.63, 3.8) is 0 Å². The van der Waals surface area contributed by atoms with Crippen LogP contribution in [-0.4, -0.2) is 29.1 Å². The summed E-state index contributed by atoms with van der Waals surface area (Å²) in [6, 6.07) is 13.1. The van der Waals surface area contributed by atoms with E-state index in [0.29, 0.717) is 30.3 Å². The van der Waals surface area contributed by atoms with Crippen molar-refractivity contribution in [2.45, 2.75) is 26.2 Å². The second-order valence-electron chi connectivity index (χ2n) is 8.43. The number of anilines is 3. The zero-order valence-electron chi connectivity index (χ0n) is 18.8. The molecule has 0 aliphatic carbocycles. The lowest BCUT2D eigenvalue weighted by Crippen LogP contribution is -2.38. The summed E-state index contributed by atoms with van der Waals surface area (Å²) in [4.78, 5) is 33.3. The Hall–Kier alpha value is -4.32. The third-order valence-electron chi connectivity index (χ3n) is 6.16. The first-order valence-corrected chi connectivity index (χ1v) is 11.0. The molecule has 0 saturated carbocycles. The van der Waals surface area contributed by atoms with Crippen molar-refractivity contribution in [3.05, 3.63) is 69.0 Å². The number of aromatic nitrogens is 2. The molecule has 3 N–H and O–H groups in total. The van der Waals surface area contributed by atoms with E-state index >= 15 is 0 Å². The number of aromatic amines is 1. The Labute approximate surface area is 195 Å². The topological polar surface area (TPSA) is 129 Å². The van der Waals surface area contributed by atoms with Gasteiger partial charge in [0.15, 0.2) is 11.5 Å². The molecule has 1 amide bonds. The molecule has 0 radical (unpaired) electrons. The summed E-state index contributed by atoms with van der Waals surface area (Å²) in [7, 11) is 0. The number of aryl methyl sites for hydroxylation is 2. The monoisotopic (exact) mass is 457 g/mol. The molecule has 9 heteroatoms. The third-order valence-corrected chi connectivity index (χ3v) is 6.16. The summed E-state index contributed by atoms with van der Waals surface area (Å²) >= 11 is 0. The molecule has 2 unspecified atom stereocenters. The Morgan fingerprint density at radius 1 is 1.06 bits per heavy atom. The largest absolute Gasteiger partial charge is 0.490 e. The van der Waals surface area contributed by atoms with Crippen molar-refractivity contribution in [1.29, 1.82) is 5.26 Å². The molecule has 2 aliphatic heterocycles. The minimum absolute atomic E-state index is 0.128. The number of fused-ring (bicyclic) bond motifs is 2. The summed E-state index contributed by atoms with van der Waals surface area (Å²) in [5, 5.41) is 15.5. The number of carbonyl (C=O) groups excluding carboxylic acids is 1. The predicted octanol–water partition coefficient (Wildman–Crippen LogP) is 3.52. The lowest BCUT2D eigenvalue weighted by atomic mass is 9.79. The summed E-state index contributed by atoms with van der Waals surface area (Å²) in [6.07, 6.45) is 0.749. The number of nitriles is 1. The van der Waals surface area contributed by atoms with Gasteiger partial charge in [-0.1, -0.05) is 12.1 Å². The van der Waals surface area contributed by atoms with Gasteiger partial charge in [-0.2, -0.15) is 10.2 Å². The summed E-state index contributed by atoms with van der Waals surface area (Å²) in [5.74, 6) is -0.977. The SMILES string of the molecule is Cc1ccc(Nc2nc3c(c(=O)[nH]2)C(c2ccc4c(c2)OCCCO4)C(C#N)C(=O)N3)cc1C. The first-order chi connectivity index (χ1) is 16.4. The van der Waals surface area contributed by atoms with Crippen LogP contribution >= 0.6 is 0 Å². The Balaban J connectivity index is 1.57. The predicted molar refractivity (Wildman–Crippen MR) is 126 cm³/mol. The van der Waals surface area contributed by atoms with Crippen molar-refractivity contribution in [1.82, 2.24) is 9.97 Å². The zero-order chi connectivity index (χ0) is 23.8. The van der Waals surface area contributed by atoms with E-state index in [4.69, 9.17) is 9.47 Å². The van der Waals surface area contributed by atoms with Crippen molar-refractivity contribution < 1.29 is 14.3 Å². The number of benzene rings is 2. The molecule has 2 aliphatic rings. The van der Waals surface area contributed by atoms with E-state index in [2.05, 4.69) is 20.6 Å². The molecular formula is C25H23N5O4. The maximum Gasteiger partial charge on any atom is 0.258 e. The number of hydrogen-bond donors (Lipinski definition) is 3. The minimum Gasteiger partial charge on any atom is -0.490 e. The average molecular weight is 457 g/mol. The van der Waals surface area contributed by atoms with Gasteiger partial charge in [-0.05, 0) is 54.8 Å². The van der Waals surface area contributed by atoms with Crippen LogP contribution in [0.25, 0.3) is 0 Å². The lowest BCUT2D eigenvalue weighted by molar-refractivity contribution is -0.119. The molecule has 3 aromatic rings. The number of H-pyrrole nitrogens is 1. The van der Waals surface area contributed by atoms with Crippen LogP contribution in [0.4, 0.5) is 17.5 Å². The quantitative estimate of drug-likeness (QED) is 0.549.